The number of nitrogens with two attached hydrogens (primary N) is 1. The van der Waals surface area contributed by atoms with Crippen molar-refractivity contribution in [1.82, 2.24) is 0 Å². The van der Waals surface area contributed by atoms with Crippen molar-refractivity contribution in [2.75, 3.05) is 0 Å². The van der Waals surface area contributed by atoms with E-state index in [0.717, 1.165) is 6.07 Å². The van der Waals surface area contributed by atoms with Crippen LogP contribution in [0.4, 0.5) is 8.78 Å². The van der Waals surface area contributed by atoms with Gasteiger partial charge >= 0.3 is 0 Å². The van der Waals surface area contributed by atoms with Crippen LogP contribution < -0.4 is 10.5 Å². The van der Waals surface area contributed by atoms with E-state index < -0.39 is 11.6 Å². The van der Waals surface area contributed by atoms with Crippen LogP contribution in [0.5, 0.6) is 11.5 Å². The molecule has 0 saturated heterocycles. The summed E-state index contributed by atoms with van der Waals surface area (Å²) in [5, 5.41) is 0.0833. The number of hydrogen-bond donors (Lipinski definition) is 1. The van der Waals surface area contributed by atoms with Crippen LogP contribution in [-0.2, 0) is 6.42 Å². The first-order valence-electron chi connectivity index (χ1n) is 6.13. The molecule has 0 saturated carbocycles. The predicted molar refractivity (Wildman–Crippen MR) is 75.2 cm³/mol. The molecule has 0 amide bonds. The van der Waals surface area contributed by atoms with Gasteiger partial charge in [-0.25, -0.2) is 8.78 Å². The van der Waals surface area contributed by atoms with E-state index in [2.05, 4.69) is 0 Å². The summed E-state index contributed by atoms with van der Waals surface area (Å²) >= 11 is 5.88. The van der Waals surface area contributed by atoms with Gasteiger partial charge in [-0.1, -0.05) is 23.7 Å². The van der Waals surface area contributed by atoms with E-state index in [0.29, 0.717) is 12.0 Å². The molecule has 5 heteroatoms. The smallest absolute Gasteiger partial charge is 0.166 e. The average molecular weight is 298 g/mol. The molecule has 0 heterocycles. The van der Waals surface area contributed by atoms with Crippen molar-refractivity contribution in [3.05, 3.63) is 58.6 Å². The molecule has 2 aromatic rings. The number of halogens is 3. The minimum Gasteiger partial charge on any atom is -0.452 e. The molecule has 1 unspecified atom stereocenters. The molecular formula is C15H14ClF2NO. The second-order valence-electron chi connectivity index (χ2n) is 4.59. The molecule has 106 valence electrons. The fourth-order valence-electron chi connectivity index (χ4n) is 1.84. The summed E-state index contributed by atoms with van der Waals surface area (Å²) in [4.78, 5) is 0. The Morgan fingerprint density at radius 1 is 1.25 bits per heavy atom. The van der Waals surface area contributed by atoms with Crippen molar-refractivity contribution >= 4 is 11.6 Å². The first-order valence-corrected chi connectivity index (χ1v) is 6.51. The topological polar surface area (TPSA) is 35.2 Å². The Morgan fingerprint density at radius 3 is 2.65 bits per heavy atom. The highest BCUT2D eigenvalue weighted by Gasteiger charge is 2.14. The zero-order valence-corrected chi connectivity index (χ0v) is 11.6. The van der Waals surface area contributed by atoms with Crippen LogP contribution in [0.3, 0.4) is 0 Å². The maximum absolute atomic E-state index is 13.9. The SMILES string of the molecule is CC(N)Cc1cccc(F)c1Oc1ccc(F)cc1Cl. The Balaban J connectivity index is 2.37. The van der Waals surface area contributed by atoms with E-state index in [1.807, 2.05) is 6.92 Å². The number of para-hydroxylation sites is 1. The lowest BCUT2D eigenvalue weighted by atomic mass is 10.1. The Morgan fingerprint density at radius 2 is 2.00 bits per heavy atom. The summed E-state index contributed by atoms with van der Waals surface area (Å²) in [6.45, 7) is 1.82. The average Bonchev–Trinajstić information content (AvgIpc) is 2.35. The normalized spacial score (nSPS) is 12.2. The van der Waals surface area contributed by atoms with Crippen molar-refractivity contribution in [3.8, 4) is 11.5 Å². The summed E-state index contributed by atoms with van der Waals surface area (Å²) in [7, 11) is 0. The molecule has 1 atom stereocenters. The molecule has 2 aromatic carbocycles. The molecule has 0 radical (unpaired) electrons. The highest BCUT2D eigenvalue weighted by molar-refractivity contribution is 6.32. The lowest BCUT2D eigenvalue weighted by Crippen LogP contribution is -2.18. The van der Waals surface area contributed by atoms with Gasteiger partial charge in [-0.05, 0) is 43.2 Å². The van der Waals surface area contributed by atoms with Gasteiger partial charge in [-0.2, -0.15) is 0 Å². The minimum absolute atomic E-state index is 0.0679. The zero-order chi connectivity index (χ0) is 14.7. The predicted octanol–water partition coefficient (Wildman–Crippen LogP) is 4.30. The third-order valence-electron chi connectivity index (χ3n) is 2.70. The maximum Gasteiger partial charge on any atom is 0.166 e. The van der Waals surface area contributed by atoms with E-state index in [4.69, 9.17) is 22.1 Å². The number of hydrogen-bond acceptors (Lipinski definition) is 2. The Bertz CT molecular complexity index is 617. The van der Waals surface area contributed by atoms with Gasteiger partial charge < -0.3 is 10.5 Å². The van der Waals surface area contributed by atoms with Gasteiger partial charge in [0.05, 0.1) is 5.02 Å². The third-order valence-corrected chi connectivity index (χ3v) is 2.99. The van der Waals surface area contributed by atoms with Gasteiger partial charge in [0.1, 0.15) is 11.6 Å². The molecule has 0 aliphatic carbocycles. The molecule has 0 fully saturated rings. The van der Waals surface area contributed by atoms with E-state index in [9.17, 15) is 8.78 Å². The summed E-state index contributed by atoms with van der Waals surface area (Å²) < 4.78 is 32.4. The van der Waals surface area contributed by atoms with Gasteiger partial charge in [0.2, 0.25) is 0 Å². The van der Waals surface area contributed by atoms with Crippen LogP contribution in [0, 0.1) is 11.6 Å². The highest BCUT2D eigenvalue weighted by Crippen LogP contribution is 2.33. The van der Waals surface area contributed by atoms with Gasteiger partial charge in [-0.15, -0.1) is 0 Å². The van der Waals surface area contributed by atoms with Crippen molar-refractivity contribution in [2.45, 2.75) is 19.4 Å². The van der Waals surface area contributed by atoms with Gasteiger partial charge in [0, 0.05) is 6.04 Å². The third kappa shape index (κ3) is 3.46. The van der Waals surface area contributed by atoms with E-state index in [1.165, 1.54) is 18.2 Å². The quantitative estimate of drug-likeness (QED) is 0.913. The zero-order valence-electron chi connectivity index (χ0n) is 10.9. The molecule has 0 spiro atoms. The largest absolute Gasteiger partial charge is 0.452 e. The van der Waals surface area contributed by atoms with Crippen LogP contribution in [-0.4, -0.2) is 6.04 Å². The molecular weight excluding hydrogens is 284 g/mol. The van der Waals surface area contributed by atoms with E-state index >= 15 is 0 Å². The Labute approximate surface area is 121 Å². The van der Waals surface area contributed by atoms with Crippen LogP contribution in [0.2, 0.25) is 5.02 Å². The van der Waals surface area contributed by atoms with E-state index in [1.54, 1.807) is 12.1 Å². The van der Waals surface area contributed by atoms with Crippen LogP contribution in [0.25, 0.3) is 0 Å². The first kappa shape index (κ1) is 14.8. The molecule has 0 bridgehead atoms. The molecule has 0 aliphatic rings. The number of rotatable bonds is 4. The lowest BCUT2D eigenvalue weighted by molar-refractivity contribution is 0.433. The second kappa shape index (κ2) is 6.20. The van der Waals surface area contributed by atoms with Crippen LogP contribution in [0.15, 0.2) is 36.4 Å². The molecule has 0 aromatic heterocycles. The van der Waals surface area contributed by atoms with Crippen LogP contribution in [0.1, 0.15) is 12.5 Å². The summed E-state index contributed by atoms with van der Waals surface area (Å²) in [5.41, 5.74) is 6.37. The number of benzene rings is 2. The summed E-state index contributed by atoms with van der Waals surface area (Å²) in [6.07, 6.45) is 0.464. The van der Waals surface area contributed by atoms with E-state index in [-0.39, 0.29) is 22.6 Å². The van der Waals surface area contributed by atoms with Gasteiger partial charge in [0.15, 0.2) is 11.6 Å². The van der Waals surface area contributed by atoms with Crippen molar-refractivity contribution in [1.29, 1.82) is 0 Å². The second-order valence-corrected chi connectivity index (χ2v) is 4.99. The molecule has 2 nitrogen and oxygen atoms in total. The van der Waals surface area contributed by atoms with Crippen molar-refractivity contribution in [3.63, 3.8) is 0 Å². The summed E-state index contributed by atoms with van der Waals surface area (Å²) in [5.74, 6) is -0.724. The maximum atomic E-state index is 13.9. The summed E-state index contributed by atoms with van der Waals surface area (Å²) in [6, 6.07) is 8.15. The standard InChI is InChI=1S/C15H14ClF2NO/c1-9(19)7-10-3-2-4-13(18)15(10)20-14-6-5-11(17)8-12(14)16/h2-6,8-9H,7,19H2,1H3. The Hall–Kier alpha value is -1.65. The molecule has 20 heavy (non-hydrogen) atoms. The van der Waals surface area contributed by atoms with Crippen LogP contribution >= 0.6 is 11.6 Å². The fraction of sp³-hybridized carbons (Fsp3) is 0.200. The first-order chi connectivity index (χ1) is 9.47. The minimum atomic E-state index is -0.511. The van der Waals surface area contributed by atoms with Gasteiger partial charge in [-0.3, -0.25) is 0 Å². The van der Waals surface area contributed by atoms with Gasteiger partial charge in [0.25, 0.3) is 0 Å². The Kier molecular flexibility index (Phi) is 4.57. The monoisotopic (exact) mass is 297 g/mol. The highest BCUT2D eigenvalue weighted by atomic mass is 35.5. The molecule has 0 aliphatic heterocycles. The lowest BCUT2D eigenvalue weighted by Gasteiger charge is -2.14. The fourth-order valence-corrected chi connectivity index (χ4v) is 2.05. The number of ether oxygens (including phenoxy) is 1. The van der Waals surface area contributed by atoms with Crippen molar-refractivity contribution < 1.29 is 13.5 Å². The van der Waals surface area contributed by atoms with Crippen molar-refractivity contribution in [2.24, 2.45) is 5.73 Å². The molecule has 2 N–H and O–H groups in total. The molecule has 2 rings (SSSR count).